The van der Waals surface area contributed by atoms with Crippen molar-refractivity contribution in [2.24, 2.45) is 0 Å². The summed E-state index contributed by atoms with van der Waals surface area (Å²) in [6.45, 7) is 8.25. The van der Waals surface area contributed by atoms with Crippen molar-refractivity contribution in [1.82, 2.24) is 25.2 Å². The molecule has 1 aromatic heterocycles. The number of carbonyl (C=O) groups is 1. The molecule has 2 aromatic carbocycles. The summed E-state index contributed by atoms with van der Waals surface area (Å²) < 4.78 is 15.3. The summed E-state index contributed by atoms with van der Waals surface area (Å²) >= 11 is 0. The molecule has 2 heterocycles. The average molecular weight is 422 g/mol. The Morgan fingerprint density at radius 1 is 1.26 bits per heavy atom. The lowest BCUT2D eigenvalue weighted by atomic mass is 9.97. The first-order chi connectivity index (χ1) is 15.0. The molecule has 0 bridgehead atoms. The van der Waals surface area contributed by atoms with Crippen LogP contribution in [-0.4, -0.2) is 38.4 Å². The van der Waals surface area contributed by atoms with E-state index < -0.39 is 0 Å². The van der Waals surface area contributed by atoms with Gasteiger partial charge in [0.25, 0.3) is 5.91 Å². The van der Waals surface area contributed by atoms with Crippen molar-refractivity contribution in [2.45, 2.75) is 52.7 Å². The Kier molecular flexibility index (Phi) is 6.13. The standard InChI is InChI=1S/C24H28FN5O/c1-4-16(2)26-24(31)23-17(3)30(28-27-23)22-10-6-8-19-15-29(12-11-21(19)22)14-18-7-5-9-20(25)13-18/h5-10,13,16H,4,11-12,14-15H2,1-3H3,(H,26,31)/t16-/m0/s1. The highest BCUT2D eigenvalue weighted by molar-refractivity contribution is 5.93. The van der Waals surface area contributed by atoms with E-state index in [4.69, 9.17) is 0 Å². The van der Waals surface area contributed by atoms with Crippen LogP contribution in [0.5, 0.6) is 0 Å². The largest absolute Gasteiger partial charge is 0.348 e. The molecule has 0 fully saturated rings. The summed E-state index contributed by atoms with van der Waals surface area (Å²) in [4.78, 5) is 14.9. The van der Waals surface area contributed by atoms with Crippen LogP contribution < -0.4 is 5.32 Å². The molecule has 0 saturated heterocycles. The Hall–Kier alpha value is -3.06. The number of benzene rings is 2. The van der Waals surface area contributed by atoms with Gasteiger partial charge in [-0.05, 0) is 61.6 Å². The first kappa shape index (κ1) is 21.2. The molecule has 1 amide bonds. The van der Waals surface area contributed by atoms with Crippen LogP contribution >= 0.6 is 0 Å². The van der Waals surface area contributed by atoms with Crippen molar-refractivity contribution in [1.29, 1.82) is 0 Å². The van der Waals surface area contributed by atoms with E-state index in [1.807, 2.05) is 39.0 Å². The van der Waals surface area contributed by atoms with Gasteiger partial charge in [0.1, 0.15) is 5.82 Å². The smallest absolute Gasteiger partial charge is 0.273 e. The van der Waals surface area contributed by atoms with E-state index in [0.29, 0.717) is 12.2 Å². The number of nitrogens with zero attached hydrogens (tertiary/aromatic N) is 4. The maximum Gasteiger partial charge on any atom is 0.273 e. The van der Waals surface area contributed by atoms with E-state index in [1.54, 1.807) is 16.8 Å². The van der Waals surface area contributed by atoms with Gasteiger partial charge < -0.3 is 5.32 Å². The molecule has 0 unspecified atom stereocenters. The minimum absolute atomic E-state index is 0.0885. The second-order valence-electron chi connectivity index (χ2n) is 8.22. The highest BCUT2D eigenvalue weighted by Crippen LogP contribution is 2.27. The highest BCUT2D eigenvalue weighted by Gasteiger charge is 2.23. The third-order valence-corrected chi connectivity index (χ3v) is 5.94. The van der Waals surface area contributed by atoms with Gasteiger partial charge in [0.15, 0.2) is 5.69 Å². The van der Waals surface area contributed by atoms with Crippen LogP contribution in [0.3, 0.4) is 0 Å². The molecule has 31 heavy (non-hydrogen) atoms. The zero-order chi connectivity index (χ0) is 22.0. The van der Waals surface area contributed by atoms with Crippen molar-refractivity contribution in [3.8, 4) is 5.69 Å². The van der Waals surface area contributed by atoms with Crippen LogP contribution in [0.4, 0.5) is 4.39 Å². The van der Waals surface area contributed by atoms with Gasteiger partial charge in [0.05, 0.1) is 11.4 Å². The lowest BCUT2D eigenvalue weighted by Gasteiger charge is -2.30. The summed E-state index contributed by atoms with van der Waals surface area (Å²) in [5.74, 6) is -0.392. The third-order valence-electron chi connectivity index (χ3n) is 5.94. The van der Waals surface area contributed by atoms with Crippen molar-refractivity contribution < 1.29 is 9.18 Å². The van der Waals surface area contributed by atoms with Crippen molar-refractivity contribution in [3.63, 3.8) is 0 Å². The normalized spacial score (nSPS) is 14.8. The van der Waals surface area contributed by atoms with Crippen molar-refractivity contribution in [3.05, 3.63) is 76.4 Å². The van der Waals surface area contributed by atoms with Crippen LogP contribution in [0.15, 0.2) is 42.5 Å². The minimum atomic E-state index is -0.202. The molecule has 1 aliphatic rings. The van der Waals surface area contributed by atoms with E-state index in [9.17, 15) is 9.18 Å². The first-order valence-corrected chi connectivity index (χ1v) is 10.8. The Morgan fingerprint density at radius 3 is 2.84 bits per heavy atom. The van der Waals surface area contributed by atoms with Gasteiger partial charge in [0.2, 0.25) is 0 Å². The SMILES string of the molecule is CC[C@H](C)NC(=O)c1nnn(-c2cccc3c2CCN(Cc2cccc(F)c2)C3)c1C. The number of rotatable bonds is 6. The van der Waals surface area contributed by atoms with E-state index in [0.717, 1.165) is 42.9 Å². The molecule has 6 nitrogen and oxygen atoms in total. The lowest BCUT2D eigenvalue weighted by molar-refractivity contribution is 0.0933. The van der Waals surface area contributed by atoms with Crippen LogP contribution in [-0.2, 0) is 19.5 Å². The lowest BCUT2D eigenvalue weighted by Crippen LogP contribution is -2.32. The Morgan fingerprint density at radius 2 is 2.06 bits per heavy atom. The summed E-state index contributed by atoms with van der Waals surface area (Å²) in [6.07, 6.45) is 1.71. The van der Waals surface area contributed by atoms with Crippen LogP contribution in [0, 0.1) is 12.7 Å². The van der Waals surface area contributed by atoms with Gasteiger partial charge in [-0.25, -0.2) is 9.07 Å². The fourth-order valence-corrected chi connectivity index (χ4v) is 4.04. The molecule has 1 N–H and O–H groups in total. The van der Waals surface area contributed by atoms with Crippen LogP contribution in [0.1, 0.15) is 53.1 Å². The fourth-order valence-electron chi connectivity index (χ4n) is 4.04. The second kappa shape index (κ2) is 8.98. The molecular weight excluding hydrogens is 393 g/mol. The number of hydrogen-bond acceptors (Lipinski definition) is 4. The van der Waals surface area contributed by atoms with Gasteiger partial charge >= 0.3 is 0 Å². The van der Waals surface area contributed by atoms with Crippen molar-refractivity contribution in [2.75, 3.05) is 6.54 Å². The number of carbonyl (C=O) groups excluding carboxylic acids is 1. The predicted molar refractivity (Wildman–Crippen MR) is 118 cm³/mol. The number of halogens is 1. The zero-order valence-electron chi connectivity index (χ0n) is 18.2. The number of fused-ring (bicyclic) bond motifs is 1. The average Bonchev–Trinajstić information content (AvgIpc) is 3.14. The maximum absolute atomic E-state index is 13.5. The first-order valence-electron chi connectivity index (χ1n) is 10.8. The van der Waals surface area contributed by atoms with Crippen LogP contribution in [0.25, 0.3) is 5.69 Å². The van der Waals surface area contributed by atoms with Gasteiger partial charge in [-0.15, -0.1) is 5.10 Å². The molecule has 7 heteroatoms. The van der Waals surface area contributed by atoms with Gasteiger partial charge in [0, 0.05) is 25.7 Å². The molecule has 0 aliphatic carbocycles. The maximum atomic E-state index is 13.5. The Labute approximate surface area is 182 Å². The topological polar surface area (TPSA) is 63.1 Å². The molecule has 0 spiro atoms. The minimum Gasteiger partial charge on any atom is -0.348 e. The molecule has 1 aliphatic heterocycles. The molecule has 162 valence electrons. The third kappa shape index (κ3) is 4.51. The molecule has 0 saturated carbocycles. The molecule has 0 radical (unpaired) electrons. The second-order valence-corrected chi connectivity index (χ2v) is 8.22. The van der Waals surface area contributed by atoms with E-state index in [1.165, 1.54) is 17.2 Å². The number of amides is 1. The molecule has 1 atom stereocenters. The summed E-state index contributed by atoms with van der Waals surface area (Å²) in [5, 5.41) is 11.4. The highest BCUT2D eigenvalue weighted by atomic mass is 19.1. The molecule has 4 rings (SSSR count). The summed E-state index contributed by atoms with van der Waals surface area (Å²) in [7, 11) is 0. The van der Waals surface area contributed by atoms with Gasteiger partial charge in [-0.1, -0.05) is 36.4 Å². The number of aromatic nitrogens is 3. The Balaban J connectivity index is 1.56. The van der Waals surface area contributed by atoms with E-state index >= 15 is 0 Å². The quantitative estimate of drug-likeness (QED) is 0.658. The fraction of sp³-hybridized carbons (Fsp3) is 0.375. The number of nitrogens with one attached hydrogen (secondary N) is 1. The van der Waals surface area contributed by atoms with E-state index in [-0.39, 0.29) is 17.8 Å². The predicted octanol–water partition coefficient (Wildman–Crippen LogP) is 3.80. The van der Waals surface area contributed by atoms with Gasteiger partial charge in [-0.2, -0.15) is 0 Å². The zero-order valence-corrected chi connectivity index (χ0v) is 18.2. The van der Waals surface area contributed by atoms with Gasteiger partial charge in [-0.3, -0.25) is 9.69 Å². The molecule has 3 aromatic rings. The van der Waals surface area contributed by atoms with E-state index in [2.05, 4.69) is 26.6 Å². The molecular formula is C24H28FN5O. The Bertz CT molecular complexity index is 1090. The summed E-state index contributed by atoms with van der Waals surface area (Å²) in [5.41, 5.74) is 5.48. The van der Waals surface area contributed by atoms with Crippen molar-refractivity contribution >= 4 is 5.91 Å². The summed E-state index contributed by atoms with van der Waals surface area (Å²) in [6, 6.07) is 13.0. The number of hydrogen-bond donors (Lipinski definition) is 1. The van der Waals surface area contributed by atoms with Crippen LogP contribution in [0.2, 0.25) is 0 Å². The monoisotopic (exact) mass is 421 g/mol.